The largest absolute Gasteiger partial charge is 0.483 e. The molecule has 2 aliphatic rings. The molecule has 1 aromatic heterocycles. The van der Waals surface area contributed by atoms with E-state index >= 15 is 0 Å². The molecule has 24 heavy (non-hydrogen) atoms. The number of alkyl halides is 3. The maximum absolute atomic E-state index is 12.4. The molecular formula is C13H18F3N3O5. The Kier molecular flexibility index (Phi) is 6.13. The van der Waals surface area contributed by atoms with Crippen LogP contribution in [0.1, 0.15) is 24.6 Å². The quantitative estimate of drug-likeness (QED) is 0.767. The van der Waals surface area contributed by atoms with Gasteiger partial charge in [0.1, 0.15) is 0 Å². The molecule has 0 amide bonds. The van der Waals surface area contributed by atoms with Crippen LogP contribution >= 0.6 is 0 Å². The van der Waals surface area contributed by atoms with E-state index in [1.54, 1.807) is 0 Å². The van der Waals surface area contributed by atoms with E-state index in [0.717, 1.165) is 12.8 Å². The topological polar surface area (TPSA) is 109 Å². The molecule has 136 valence electrons. The lowest BCUT2D eigenvalue weighted by Gasteiger charge is -2.36. The minimum absolute atomic E-state index is 0.0147. The van der Waals surface area contributed by atoms with Crippen LogP contribution < -0.4 is 0 Å². The van der Waals surface area contributed by atoms with Crippen molar-refractivity contribution in [3.63, 3.8) is 0 Å². The highest BCUT2D eigenvalue weighted by Crippen LogP contribution is 2.34. The second kappa shape index (κ2) is 7.90. The van der Waals surface area contributed by atoms with Crippen LogP contribution in [0.2, 0.25) is 0 Å². The zero-order valence-electron chi connectivity index (χ0n) is 12.6. The fourth-order valence-corrected chi connectivity index (χ4v) is 3.08. The predicted octanol–water partition coefficient (Wildman–Crippen LogP) is 0.761. The second-order valence-corrected chi connectivity index (χ2v) is 5.58. The lowest BCUT2D eigenvalue weighted by molar-refractivity contribution is -0.146. The number of ether oxygens (including phenoxy) is 1. The van der Waals surface area contributed by atoms with Gasteiger partial charge in [0.15, 0.2) is 0 Å². The first-order valence-electron chi connectivity index (χ1n) is 7.33. The van der Waals surface area contributed by atoms with Crippen LogP contribution in [0.15, 0.2) is 4.52 Å². The first-order valence-corrected chi connectivity index (χ1v) is 7.33. The first-order chi connectivity index (χ1) is 11.4. The third-order valence-electron chi connectivity index (χ3n) is 4.07. The van der Waals surface area contributed by atoms with E-state index in [2.05, 4.69) is 14.7 Å². The Bertz CT molecular complexity index is 539. The fraction of sp³-hybridized carbons (Fsp3) is 0.769. The summed E-state index contributed by atoms with van der Waals surface area (Å²) in [6.45, 7) is 1.14. The molecule has 2 N–H and O–H groups in total. The van der Waals surface area contributed by atoms with Gasteiger partial charge in [-0.3, -0.25) is 9.69 Å². The number of morpholine rings is 1. The molecule has 0 radical (unpaired) electrons. The Morgan fingerprint density at radius 2 is 2.08 bits per heavy atom. The van der Waals surface area contributed by atoms with E-state index in [4.69, 9.17) is 14.6 Å². The van der Waals surface area contributed by atoms with Crippen molar-refractivity contribution in [2.45, 2.75) is 37.7 Å². The Morgan fingerprint density at radius 1 is 1.38 bits per heavy atom. The Labute approximate surface area is 135 Å². The van der Waals surface area contributed by atoms with Crippen molar-refractivity contribution >= 4 is 6.47 Å². The van der Waals surface area contributed by atoms with Gasteiger partial charge >= 0.3 is 6.18 Å². The first kappa shape index (κ1) is 18.6. The molecular weight excluding hydrogens is 335 g/mol. The smallest absolute Gasteiger partial charge is 0.455 e. The summed E-state index contributed by atoms with van der Waals surface area (Å²) in [5, 5.41) is 19.1. The van der Waals surface area contributed by atoms with Crippen LogP contribution in [-0.4, -0.2) is 63.6 Å². The zero-order valence-corrected chi connectivity index (χ0v) is 12.6. The molecule has 3 rings (SSSR count). The number of aromatic nitrogens is 2. The molecule has 1 unspecified atom stereocenters. The Morgan fingerprint density at radius 3 is 2.67 bits per heavy atom. The number of nitrogens with zero attached hydrogens (tertiary/aromatic N) is 3. The van der Waals surface area contributed by atoms with Gasteiger partial charge in [0.25, 0.3) is 12.3 Å². The number of halogens is 3. The van der Waals surface area contributed by atoms with Gasteiger partial charge in [-0.05, 0) is 18.8 Å². The number of hydrogen-bond donors (Lipinski definition) is 2. The summed E-state index contributed by atoms with van der Waals surface area (Å²) >= 11 is 0. The molecule has 1 aliphatic heterocycles. The van der Waals surface area contributed by atoms with Gasteiger partial charge in [-0.15, -0.1) is 0 Å². The highest BCUT2D eigenvalue weighted by atomic mass is 19.4. The van der Waals surface area contributed by atoms with Crippen molar-refractivity contribution in [3.8, 4) is 0 Å². The minimum atomic E-state index is -4.59. The highest BCUT2D eigenvalue weighted by molar-refractivity contribution is 5.32. The van der Waals surface area contributed by atoms with Crippen LogP contribution in [-0.2, 0) is 22.3 Å². The summed E-state index contributed by atoms with van der Waals surface area (Å²) in [5.74, 6) is -1.12. The molecule has 2 fully saturated rings. The third-order valence-corrected chi connectivity index (χ3v) is 4.07. The summed E-state index contributed by atoms with van der Waals surface area (Å²) < 4.78 is 47.7. The van der Waals surface area contributed by atoms with E-state index < -0.39 is 12.0 Å². The second-order valence-electron chi connectivity index (χ2n) is 5.58. The average Bonchev–Trinajstić information content (AvgIpc) is 3.14. The van der Waals surface area contributed by atoms with Gasteiger partial charge in [0.05, 0.1) is 19.3 Å². The van der Waals surface area contributed by atoms with Crippen molar-refractivity contribution < 1.29 is 37.4 Å². The highest BCUT2D eigenvalue weighted by Gasteiger charge is 2.42. The zero-order chi connectivity index (χ0) is 17.7. The van der Waals surface area contributed by atoms with Gasteiger partial charge in [0, 0.05) is 19.2 Å². The standard InChI is InChI=1S/C12H16F3N3O3.CH2O2/c13-12(14,15)11-16-10(21-17-11)5-18-1-2-20-9-4-7(6-19)3-8(9)18;2-1-3/h7-9,19H,1-6H2;1H,(H,2,3)/t7-,8+,9?;/m1./s1. The normalized spacial score (nSPS) is 27.2. The van der Waals surface area contributed by atoms with E-state index in [0.29, 0.717) is 13.2 Å². The Balaban J connectivity index is 0.000000647. The molecule has 0 aromatic carbocycles. The van der Waals surface area contributed by atoms with Crippen molar-refractivity contribution in [1.82, 2.24) is 15.0 Å². The van der Waals surface area contributed by atoms with Crippen molar-refractivity contribution in [3.05, 3.63) is 11.7 Å². The lowest BCUT2D eigenvalue weighted by atomic mass is 10.1. The van der Waals surface area contributed by atoms with Crippen LogP contribution in [0.5, 0.6) is 0 Å². The summed E-state index contributed by atoms with van der Waals surface area (Å²) in [6, 6.07) is 0.0807. The number of rotatable bonds is 3. The fourth-order valence-electron chi connectivity index (χ4n) is 3.08. The molecule has 0 spiro atoms. The number of carboxylic acid groups (broad SMARTS) is 1. The van der Waals surface area contributed by atoms with E-state index in [1.807, 2.05) is 4.90 Å². The number of aliphatic hydroxyl groups excluding tert-OH is 1. The molecule has 0 bridgehead atoms. The minimum Gasteiger partial charge on any atom is -0.483 e. The third kappa shape index (κ3) is 4.42. The van der Waals surface area contributed by atoms with Gasteiger partial charge in [-0.25, -0.2) is 0 Å². The average molecular weight is 353 g/mol. The predicted molar refractivity (Wildman–Crippen MR) is 71.7 cm³/mol. The van der Waals surface area contributed by atoms with Crippen LogP contribution in [0.25, 0.3) is 0 Å². The van der Waals surface area contributed by atoms with Crippen molar-refractivity contribution in [2.75, 3.05) is 19.8 Å². The van der Waals surface area contributed by atoms with E-state index in [-0.39, 0.29) is 43.6 Å². The molecule has 1 saturated heterocycles. The SMILES string of the molecule is O=CO.OC[C@H]1CC2OCCN(Cc3nc(C(F)(F)F)no3)[C@H]2C1. The number of fused-ring (bicyclic) bond motifs is 1. The van der Waals surface area contributed by atoms with Gasteiger partial charge in [-0.2, -0.15) is 18.2 Å². The van der Waals surface area contributed by atoms with Crippen molar-refractivity contribution in [1.29, 1.82) is 0 Å². The summed E-state index contributed by atoms with van der Waals surface area (Å²) in [4.78, 5) is 13.8. The number of carbonyl (C=O) groups is 1. The van der Waals surface area contributed by atoms with Crippen molar-refractivity contribution in [2.24, 2.45) is 5.92 Å². The molecule has 3 atom stereocenters. The summed E-state index contributed by atoms with van der Waals surface area (Å²) in [5.41, 5.74) is 0. The van der Waals surface area contributed by atoms with Gasteiger partial charge in [-0.1, -0.05) is 5.16 Å². The lowest BCUT2D eigenvalue weighted by Crippen LogP contribution is -2.47. The number of hydrogen-bond acceptors (Lipinski definition) is 7. The van der Waals surface area contributed by atoms with Gasteiger partial charge in [0.2, 0.25) is 5.89 Å². The summed E-state index contributed by atoms with van der Waals surface area (Å²) in [7, 11) is 0. The molecule has 8 nitrogen and oxygen atoms in total. The van der Waals surface area contributed by atoms with Crippen LogP contribution in [0, 0.1) is 5.92 Å². The van der Waals surface area contributed by atoms with Crippen LogP contribution in [0.3, 0.4) is 0 Å². The molecule has 1 aromatic rings. The van der Waals surface area contributed by atoms with Crippen LogP contribution in [0.4, 0.5) is 13.2 Å². The molecule has 2 heterocycles. The number of aliphatic hydroxyl groups is 1. The summed E-state index contributed by atoms with van der Waals surface area (Å²) in [6.07, 6.45) is -3.04. The van der Waals surface area contributed by atoms with E-state index in [1.165, 1.54) is 0 Å². The maximum Gasteiger partial charge on any atom is 0.455 e. The van der Waals surface area contributed by atoms with E-state index in [9.17, 15) is 18.3 Å². The molecule has 1 aliphatic carbocycles. The molecule has 1 saturated carbocycles. The molecule has 11 heteroatoms. The maximum atomic E-state index is 12.4. The Hall–Kier alpha value is -1.72. The monoisotopic (exact) mass is 353 g/mol. The van der Waals surface area contributed by atoms with Gasteiger partial charge < -0.3 is 19.5 Å².